The van der Waals surface area contributed by atoms with Crippen LogP contribution in [0.3, 0.4) is 0 Å². The molecule has 1 atom stereocenters. The normalized spacial score (nSPS) is 22.7. The van der Waals surface area contributed by atoms with E-state index in [2.05, 4.69) is 13.8 Å². The number of ether oxygens (including phenoxy) is 1. The van der Waals surface area contributed by atoms with Crippen molar-refractivity contribution < 1.29 is 9.84 Å². The van der Waals surface area contributed by atoms with Crippen LogP contribution in [-0.4, -0.2) is 12.2 Å². The van der Waals surface area contributed by atoms with E-state index in [1.807, 2.05) is 12.1 Å². The number of aromatic hydroxyl groups is 1. The summed E-state index contributed by atoms with van der Waals surface area (Å²) < 4.78 is 5.18. The Bertz CT molecular complexity index is 410. The first-order valence-corrected chi connectivity index (χ1v) is 6.89. The van der Waals surface area contributed by atoms with Crippen LogP contribution in [0.4, 0.5) is 0 Å². The van der Waals surface area contributed by atoms with Gasteiger partial charge in [0.15, 0.2) is 11.5 Å². The molecular formula is C16H24O2. The Labute approximate surface area is 110 Å². The molecule has 1 aliphatic rings. The first-order valence-electron chi connectivity index (χ1n) is 6.89. The van der Waals surface area contributed by atoms with Crippen molar-refractivity contribution >= 4 is 0 Å². The van der Waals surface area contributed by atoms with E-state index in [4.69, 9.17) is 4.74 Å². The summed E-state index contributed by atoms with van der Waals surface area (Å²) in [6.45, 7) is 4.77. The van der Waals surface area contributed by atoms with E-state index in [1.54, 1.807) is 13.2 Å². The molecule has 0 aromatic heterocycles. The number of hydrogen-bond acceptors (Lipinski definition) is 2. The molecule has 0 radical (unpaired) electrons. The van der Waals surface area contributed by atoms with Gasteiger partial charge in [-0.05, 0) is 48.3 Å². The van der Waals surface area contributed by atoms with Gasteiger partial charge in [0.2, 0.25) is 0 Å². The molecule has 2 rings (SSSR count). The van der Waals surface area contributed by atoms with Crippen molar-refractivity contribution in [3.05, 3.63) is 23.8 Å². The molecule has 0 heterocycles. The summed E-state index contributed by atoms with van der Waals surface area (Å²) in [5.74, 6) is 1.55. The van der Waals surface area contributed by atoms with Crippen molar-refractivity contribution in [3.63, 3.8) is 0 Å². The molecule has 0 bridgehead atoms. The maximum absolute atomic E-state index is 9.62. The highest BCUT2D eigenvalue weighted by Crippen LogP contribution is 2.42. The summed E-state index contributed by atoms with van der Waals surface area (Å²) in [6, 6.07) is 5.73. The van der Waals surface area contributed by atoms with Crippen molar-refractivity contribution in [1.82, 2.24) is 0 Å². The summed E-state index contributed by atoms with van der Waals surface area (Å²) in [5.41, 5.74) is 1.70. The fourth-order valence-electron chi connectivity index (χ4n) is 3.08. The lowest BCUT2D eigenvalue weighted by Gasteiger charge is -2.39. The van der Waals surface area contributed by atoms with E-state index >= 15 is 0 Å². The third-order valence-electron chi connectivity index (χ3n) is 4.46. The maximum atomic E-state index is 9.62. The average molecular weight is 248 g/mol. The van der Waals surface area contributed by atoms with E-state index < -0.39 is 0 Å². The molecule has 0 saturated heterocycles. The number of phenolic OH excluding ortho intramolecular Hbond substituents is 1. The summed E-state index contributed by atoms with van der Waals surface area (Å²) in [7, 11) is 1.60. The average Bonchev–Trinajstić information content (AvgIpc) is 2.34. The molecule has 18 heavy (non-hydrogen) atoms. The van der Waals surface area contributed by atoms with E-state index in [0.717, 1.165) is 12.3 Å². The summed E-state index contributed by atoms with van der Waals surface area (Å²) in [6.07, 6.45) is 6.44. The molecule has 1 aromatic rings. The van der Waals surface area contributed by atoms with Crippen LogP contribution in [0.2, 0.25) is 0 Å². The minimum Gasteiger partial charge on any atom is -0.504 e. The van der Waals surface area contributed by atoms with Crippen molar-refractivity contribution in [1.29, 1.82) is 0 Å². The topological polar surface area (TPSA) is 29.5 Å². The van der Waals surface area contributed by atoms with Crippen molar-refractivity contribution in [2.75, 3.05) is 7.11 Å². The Morgan fingerprint density at radius 2 is 2.11 bits per heavy atom. The molecule has 0 amide bonds. The van der Waals surface area contributed by atoms with Crippen LogP contribution in [0.1, 0.15) is 45.1 Å². The number of rotatable bonds is 3. The van der Waals surface area contributed by atoms with Crippen LogP contribution in [0.15, 0.2) is 18.2 Å². The van der Waals surface area contributed by atoms with Gasteiger partial charge in [-0.15, -0.1) is 0 Å². The Balaban J connectivity index is 2.13. The highest BCUT2D eigenvalue weighted by molar-refractivity contribution is 5.41. The monoisotopic (exact) mass is 248 g/mol. The lowest BCUT2D eigenvalue weighted by atomic mass is 9.67. The largest absolute Gasteiger partial charge is 0.504 e. The van der Waals surface area contributed by atoms with E-state index in [0.29, 0.717) is 11.2 Å². The summed E-state index contributed by atoms with van der Waals surface area (Å²) in [5, 5.41) is 9.62. The molecule has 0 spiro atoms. The highest BCUT2D eigenvalue weighted by atomic mass is 16.5. The first kappa shape index (κ1) is 13.3. The van der Waals surface area contributed by atoms with E-state index in [-0.39, 0.29) is 5.75 Å². The molecule has 2 nitrogen and oxygen atoms in total. The summed E-state index contributed by atoms with van der Waals surface area (Å²) in [4.78, 5) is 0. The van der Waals surface area contributed by atoms with Crippen LogP contribution >= 0.6 is 0 Å². The van der Waals surface area contributed by atoms with Gasteiger partial charge in [-0.1, -0.05) is 32.8 Å². The Morgan fingerprint density at radius 3 is 2.78 bits per heavy atom. The van der Waals surface area contributed by atoms with Gasteiger partial charge in [-0.25, -0.2) is 0 Å². The zero-order valence-corrected chi connectivity index (χ0v) is 11.7. The van der Waals surface area contributed by atoms with Crippen LogP contribution in [0, 0.1) is 11.3 Å². The van der Waals surface area contributed by atoms with Gasteiger partial charge in [-0.3, -0.25) is 0 Å². The molecule has 0 unspecified atom stereocenters. The maximum Gasteiger partial charge on any atom is 0.160 e. The van der Waals surface area contributed by atoms with Crippen molar-refractivity contribution in [2.24, 2.45) is 11.3 Å². The summed E-state index contributed by atoms with van der Waals surface area (Å²) >= 11 is 0. The third kappa shape index (κ3) is 2.80. The van der Waals surface area contributed by atoms with Crippen LogP contribution < -0.4 is 4.74 Å². The van der Waals surface area contributed by atoms with Gasteiger partial charge in [0.1, 0.15) is 0 Å². The second-order valence-electron chi connectivity index (χ2n) is 6.14. The van der Waals surface area contributed by atoms with Crippen LogP contribution in [0.25, 0.3) is 0 Å². The highest BCUT2D eigenvalue weighted by Gasteiger charge is 2.32. The molecule has 1 aromatic carbocycles. The quantitative estimate of drug-likeness (QED) is 0.870. The van der Waals surface area contributed by atoms with E-state index in [9.17, 15) is 5.11 Å². The first-order chi connectivity index (χ1) is 8.53. The smallest absolute Gasteiger partial charge is 0.160 e. The van der Waals surface area contributed by atoms with Crippen LogP contribution in [0.5, 0.6) is 11.5 Å². The standard InChI is InChI=1S/C16H24O2/c1-16(2)9-5-4-6-13(16)10-12-7-8-14(17)15(11-12)18-3/h7-8,11,13,17H,4-6,9-10H2,1-3H3/t13-/m1/s1. The number of methoxy groups -OCH3 is 1. The Kier molecular flexibility index (Phi) is 3.84. The van der Waals surface area contributed by atoms with Gasteiger partial charge >= 0.3 is 0 Å². The van der Waals surface area contributed by atoms with Crippen LogP contribution in [-0.2, 0) is 6.42 Å². The van der Waals surface area contributed by atoms with Gasteiger partial charge < -0.3 is 9.84 Å². The predicted octanol–water partition coefficient (Wildman–Crippen LogP) is 4.16. The molecule has 1 N–H and O–H groups in total. The number of phenols is 1. The predicted molar refractivity (Wildman–Crippen MR) is 74.1 cm³/mol. The Morgan fingerprint density at radius 1 is 1.33 bits per heavy atom. The fourth-order valence-corrected chi connectivity index (χ4v) is 3.08. The van der Waals surface area contributed by atoms with E-state index in [1.165, 1.54) is 31.2 Å². The third-order valence-corrected chi connectivity index (χ3v) is 4.46. The molecule has 100 valence electrons. The minimum absolute atomic E-state index is 0.226. The van der Waals surface area contributed by atoms with Crippen molar-refractivity contribution in [3.8, 4) is 11.5 Å². The molecule has 1 aliphatic carbocycles. The van der Waals surface area contributed by atoms with Gasteiger partial charge in [-0.2, -0.15) is 0 Å². The van der Waals surface area contributed by atoms with Gasteiger partial charge in [0, 0.05) is 0 Å². The fraction of sp³-hybridized carbons (Fsp3) is 0.625. The molecule has 1 fully saturated rings. The lowest BCUT2D eigenvalue weighted by Crippen LogP contribution is -2.29. The molecule has 1 saturated carbocycles. The van der Waals surface area contributed by atoms with Gasteiger partial charge in [0.25, 0.3) is 0 Å². The van der Waals surface area contributed by atoms with Gasteiger partial charge in [0.05, 0.1) is 7.11 Å². The zero-order chi connectivity index (χ0) is 13.2. The number of benzene rings is 1. The molecule has 0 aliphatic heterocycles. The second kappa shape index (κ2) is 5.21. The molecule has 2 heteroatoms. The zero-order valence-electron chi connectivity index (χ0n) is 11.7. The minimum atomic E-state index is 0.226. The number of hydrogen-bond donors (Lipinski definition) is 1. The molecular weight excluding hydrogens is 224 g/mol. The SMILES string of the molecule is COc1cc(C[C@H]2CCCCC2(C)C)ccc1O. The second-order valence-corrected chi connectivity index (χ2v) is 6.14. The van der Waals surface area contributed by atoms with Crippen molar-refractivity contribution in [2.45, 2.75) is 46.0 Å². The Hall–Kier alpha value is -1.18. The lowest BCUT2D eigenvalue weighted by molar-refractivity contribution is 0.137.